The molecule has 0 fully saturated rings. The summed E-state index contributed by atoms with van der Waals surface area (Å²) in [6, 6.07) is 14.1. The van der Waals surface area contributed by atoms with Crippen molar-refractivity contribution in [3.8, 4) is 17.1 Å². The number of rotatable bonds is 6. The van der Waals surface area contributed by atoms with E-state index in [1.54, 1.807) is 12.3 Å². The van der Waals surface area contributed by atoms with Crippen LogP contribution in [0.5, 0.6) is 5.75 Å². The first-order valence-corrected chi connectivity index (χ1v) is 8.02. The summed E-state index contributed by atoms with van der Waals surface area (Å²) in [7, 11) is 0. The number of hydrogen-bond acceptors (Lipinski definition) is 3. The van der Waals surface area contributed by atoms with Crippen molar-refractivity contribution < 1.29 is 4.74 Å². The monoisotopic (exact) mass is 319 g/mol. The molecule has 0 atom stereocenters. The first kappa shape index (κ1) is 16.0. The fourth-order valence-electron chi connectivity index (χ4n) is 2.64. The third kappa shape index (κ3) is 3.23. The highest BCUT2D eigenvalue weighted by Gasteiger charge is 2.14. The topological polar surface area (TPSA) is 39.9 Å². The molecule has 0 aliphatic carbocycles. The molecule has 1 aromatic carbocycles. The first-order valence-electron chi connectivity index (χ1n) is 8.02. The summed E-state index contributed by atoms with van der Waals surface area (Å²) in [5.74, 6) is 0.819. The normalized spacial score (nSPS) is 10.8. The molecule has 24 heavy (non-hydrogen) atoms. The predicted octanol–water partition coefficient (Wildman–Crippen LogP) is 4.75. The summed E-state index contributed by atoms with van der Waals surface area (Å²) in [5, 5.41) is 4.40. The molecule has 0 aliphatic heterocycles. The third-order valence-corrected chi connectivity index (χ3v) is 3.82. The SMILES string of the molecule is C=Cc1ccccc1OCc1cccnc1-c1ccnn1C(C)C. The zero-order valence-corrected chi connectivity index (χ0v) is 14.0. The number of hydrogen-bond donors (Lipinski definition) is 0. The third-order valence-electron chi connectivity index (χ3n) is 3.82. The van der Waals surface area contributed by atoms with E-state index in [0.29, 0.717) is 6.61 Å². The van der Waals surface area contributed by atoms with Gasteiger partial charge in [0, 0.05) is 29.6 Å². The number of pyridine rings is 1. The van der Waals surface area contributed by atoms with Gasteiger partial charge in [0.15, 0.2) is 0 Å². The molecule has 2 heterocycles. The van der Waals surface area contributed by atoms with E-state index >= 15 is 0 Å². The molecule has 3 aromatic rings. The molecule has 0 amide bonds. The van der Waals surface area contributed by atoms with Crippen molar-refractivity contribution in [2.75, 3.05) is 0 Å². The summed E-state index contributed by atoms with van der Waals surface area (Å²) in [6.07, 6.45) is 5.41. The van der Waals surface area contributed by atoms with Gasteiger partial charge in [-0.25, -0.2) is 0 Å². The standard InChI is InChI=1S/C20H21N3O/c1-4-16-8-5-6-10-19(16)24-14-17-9-7-12-21-20(17)18-11-13-22-23(18)15(2)3/h4-13,15H,1,14H2,2-3H3. The lowest BCUT2D eigenvalue weighted by Gasteiger charge is -2.14. The minimum Gasteiger partial charge on any atom is -0.488 e. The maximum Gasteiger partial charge on any atom is 0.127 e. The zero-order chi connectivity index (χ0) is 16.9. The van der Waals surface area contributed by atoms with Gasteiger partial charge in [0.1, 0.15) is 12.4 Å². The minimum atomic E-state index is 0.271. The molecule has 0 saturated heterocycles. The van der Waals surface area contributed by atoms with E-state index in [4.69, 9.17) is 4.74 Å². The van der Waals surface area contributed by atoms with Crippen molar-refractivity contribution in [2.24, 2.45) is 0 Å². The number of ether oxygens (including phenoxy) is 1. The van der Waals surface area contributed by atoms with Gasteiger partial charge >= 0.3 is 0 Å². The molecule has 0 unspecified atom stereocenters. The van der Waals surface area contributed by atoms with Crippen LogP contribution in [-0.4, -0.2) is 14.8 Å². The lowest BCUT2D eigenvalue weighted by molar-refractivity contribution is 0.305. The number of nitrogens with zero attached hydrogens (tertiary/aromatic N) is 3. The second-order valence-electron chi connectivity index (χ2n) is 5.80. The Morgan fingerprint density at radius 2 is 1.96 bits per heavy atom. The Bertz CT molecular complexity index is 836. The highest BCUT2D eigenvalue weighted by Crippen LogP contribution is 2.26. The van der Waals surface area contributed by atoms with Gasteiger partial charge in [-0.1, -0.05) is 36.9 Å². The molecule has 0 bridgehead atoms. The van der Waals surface area contributed by atoms with E-state index in [2.05, 4.69) is 30.5 Å². The molecule has 0 aliphatic rings. The average Bonchev–Trinajstić information content (AvgIpc) is 3.10. The summed E-state index contributed by atoms with van der Waals surface area (Å²) in [4.78, 5) is 4.56. The number of para-hydroxylation sites is 1. The quantitative estimate of drug-likeness (QED) is 0.658. The van der Waals surface area contributed by atoms with Crippen molar-refractivity contribution in [3.63, 3.8) is 0 Å². The molecule has 0 radical (unpaired) electrons. The van der Waals surface area contributed by atoms with E-state index < -0.39 is 0 Å². The molecule has 2 aromatic heterocycles. The average molecular weight is 319 g/mol. The zero-order valence-electron chi connectivity index (χ0n) is 14.0. The van der Waals surface area contributed by atoms with Gasteiger partial charge in [0.05, 0.1) is 11.4 Å². The van der Waals surface area contributed by atoms with Crippen LogP contribution in [0.25, 0.3) is 17.5 Å². The van der Waals surface area contributed by atoms with Gasteiger partial charge in [0.2, 0.25) is 0 Å². The molecular formula is C20H21N3O. The van der Waals surface area contributed by atoms with Gasteiger partial charge in [-0.15, -0.1) is 0 Å². The van der Waals surface area contributed by atoms with Crippen molar-refractivity contribution in [1.29, 1.82) is 0 Å². The van der Waals surface area contributed by atoms with E-state index in [1.165, 1.54) is 0 Å². The molecule has 0 spiro atoms. The van der Waals surface area contributed by atoms with Crippen molar-refractivity contribution in [1.82, 2.24) is 14.8 Å². The molecule has 4 heteroatoms. The van der Waals surface area contributed by atoms with Crippen LogP contribution in [0, 0.1) is 0 Å². The van der Waals surface area contributed by atoms with Crippen LogP contribution < -0.4 is 4.74 Å². The molecule has 122 valence electrons. The van der Waals surface area contributed by atoms with E-state index in [-0.39, 0.29) is 6.04 Å². The maximum absolute atomic E-state index is 6.01. The minimum absolute atomic E-state index is 0.271. The molecule has 0 saturated carbocycles. The van der Waals surface area contributed by atoms with Crippen LogP contribution in [0.3, 0.4) is 0 Å². The Morgan fingerprint density at radius 1 is 1.12 bits per heavy atom. The second kappa shape index (κ2) is 7.13. The van der Waals surface area contributed by atoms with Crippen molar-refractivity contribution in [3.05, 3.63) is 72.6 Å². The van der Waals surface area contributed by atoms with E-state index in [1.807, 2.05) is 53.3 Å². The van der Waals surface area contributed by atoms with Crippen molar-refractivity contribution in [2.45, 2.75) is 26.5 Å². The summed E-state index contributed by atoms with van der Waals surface area (Å²) < 4.78 is 7.99. The smallest absolute Gasteiger partial charge is 0.127 e. The highest BCUT2D eigenvalue weighted by atomic mass is 16.5. The molecule has 4 nitrogen and oxygen atoms in total. The van der Waals surface area contributed by atoms with Crippen LogP contribution in [0.2, 0.25) is 0 Å². The Kier molecular flexibility index (Phi) is 4.75. The summed E-state index contributed by atoms with van der Waals surface area (Å²) >= 11 is 0. The Morgan fingerprint density at radius 3 is 2.75 bits per heavy atom. The van der Waals surface area contributed by atoms with Crippen LogP contribution in [0.1, 0.15) is 31.0 Å². The van der Waals surface area contributed by atoms with E-state index in [0.717, 1.165) is 28.3 Å². The Balaban J connectivity index is 1.90. The lowest BCUT2D eigenvalue weighted by atomic mass is 10.1. The summed E-state index contributed by atoms with van der Waals surface area (Å²) in [5.41, 5.74) is 3.91. The first-order chi connectivity index (χ1) is 11.7. The molecule has 3 rings (SSSR count). The van der Waals surface area contributed by atoms with Crippen molar-refractivity contribution >= 4 is 6.08 Å². The Labute approximate surface area is 142 Å². The Hall–Kier alpha value is -2.88. The van der Waals surface area contributed by atoms with Gasteiger partial charge in [0.25, 0.3) is 0 Å². The fraction of sp³-hybridized carbons (Fsp3) is 0.200. The van der Waals surface area contributed by atoms with Crippen LogP contribution in [0.4, 0.5) is 0 Å². The van der Waals surface area contributed by atoms with E-state index in [9.17, 15) is 0 Å². The van der Waals surface area contributed by atoms with Gasteiger partial charge in [-0.05, 0) is 32.0 Å². The lowest BCUT2D eigenvalue weighted by Crippen LogP contribution is -2.07. The fourth-order valence-corrected chi connectivity index (χ4v) is 2.64. The van der Waals surface area contributed by atoms with Crippen LogP contribution in [0.15, 0.2) is 61.4 Å². The van der Waals surface area contributed by atoms with Gasteiger partial charge in [-0.2, -0.15) is 5.10 Å². The summed E-state index contributed by atoms with van der Waals surface area (Å²) in [6.45, 7) is 8.49. The van der Waals surface area contributed by atoms with Crippen LogP contribution in [-0.2, 0) is 6.61 Å². The maximum atomic E-state index is 6.01. The largest absolute Gasteiger partial charge is 0.488 e. The second-order valence-corrected chi connectivity index (χ2v) is 5.80. The molecular weight excluding hydrogens is 298 g/mol. The van der Waals surface area contributed by atoms with Gasteiger partial charge < -0.3 is 4.74 Å². The number of benzene rings is 1. The molecule has 0 N–H and O–H groups in total. The van der Waals surface area contributed by atoms with Crippen LogP contribution >= 0.6 is 0 Å². The van der Waals surface area contributed by atoms with Gasteiger partial charge in [-0.3, -0.25) is 9.67 Å². The predicted molar refractivity (Wildman–Crippen MR) is 96.7 cm³/mol. The number of aromatic nitrogens is 3. The highest BCUT2D eigenvalue weighted by molar-refractivity contribution is 5.59.